The van der Waals surface area contributed by atoms with E-state index in [1.54, 1.807) is 0 Å². The third kappa shape index (κ3) is 6.44. The minimum absolute atomic E-state index is 1.19. The molecule has 2 rings (SSSR count). The third-order valence-electron chi connectivity index (χ3n) is 2.56. The highest BCUT2D eigenvalue weighted by Gasteiger charge is 2.01. The molecule has 0 amide bonds. The summed E-state index contributed by atoms with van der Waals surface area (Å²) >= 11 is 0. The summed E-state index contributed by atoms with van der Waals surface area (Å²) in [5.74, 6) is 0. The maximum atomic E-state index is 3.85. The van der Waals surface area contributed by atoms with Crippen LogP contribution in [-0.4, -0.2) is 0 Å². The molecule has 2 aromatic rings. The molecule has 0 aliphatic heterocycles. The van der Waals surface area contributed by atoms with Gasteiger partial charge in [0.25, 0.3) is 0 Å². The van der Waals surface area contributed by atoms with Crippen molar-refractivity contribution in [2.45, 2.75) is 48.5 Å². The summed E-state index contributed by atoms with van der Waals surface area (Å²) in [7, 11) is 0. The van der Waals surface area contributed by atoms with Gasteiger partial charge in [-0.1, -0.05) is 103 Å². The quantitative estimate of drug-likeness (QED) is 0.532. The largest absolute Gasteiger partial charge is 0.0984 e. The summed E-state index contributed by atoms with van der Waals surface area (Å²) in [6.07, 6.45) is 6.11. The molecule has 0 saturated heterocycles. The Bertz CT molecular complexity index is 519. The van der Waals surface area contributed by atoms with E-state index in [0.29, 0.717) is 0 Å². The van der Waals surface area contributed by atoms with Crippen LogP contribution in [-0.2, 0) is 0 Å². The molecule has 0 aromatic heterocycles. The molecule has 0 radical (unpaired) electrons. The first-order valence-corrected chi connectivity index (χ1v) is 8.13. The summed E-state index contributed by atoms with van der Waals surface area (Å²) in [6, 6.07) is 12.7. The van der Waals surface area contributed by atoms with Crippen molar-refractivity contribution in [1.29, 1.82) is 0 Å². The molecule has 2 aromatic carbocycles. The molecule has 21 heavy (non-hydrogen) atoms. The molecular formula is C21H32. The molecule has 0 unspecified atom stereocenters. The van der Waals surface area contributed by atoms with E-state index in [1.165, 1.54) is 21.9 Å². The van der Waals surface area contributed by atoms with Gasteiger partial charge in [0.1, 0.15) is 0 Å². The predicted molar refractivity (Wildman–Crippen MR) is 103 cm³/mol. The third-order valence-corrected chi connectivity index (χ3v) is 2.56. The monoisotopic (exact) mass is 284 g/mol. The van der Waals surface area contributed by atoms with Gasteiger partial charge in [0.05, 0.1) is 0 Å². The van der Waals surface area contributed by atoms with Crippen LogP contribution in [0.3, 0.4) is 0 Å². The van der Waals surface area contributed by atoms with E-state index in [2.05, 4.69) is 55.1 Å². The number of rotatable bonds is 2. The van der Waals surface area contributed by atoms with Gasteiger partial charge in [-0.2, -0.15) is 0 Å². The van der Waals surface area contributed by atoms with Gasteiger partial charge in [-0.05, 0) is 28.8 Å². The summed E-state index contributed by atoms with van der Waals surface area (Å²) < 4.78 is 0. The lowest BCUT2D eigenvalue weighted by Gasteiger charge is -2.06. The van der Waals surface area contributed by atoms with Crippen LogP contribution in [0.2, 0.25) is 0 Å². The molecule has 0 aliphatic rings. The highest BCUT2D eigenvalue weighted by molar-refractivity contribution is 5.93. The van der Waals surface area contributed by atoms with E-state index in [1.807, 2.05) is 54.5 Å². The summed E-state index contributed by atoms with van der Waals surface area (Å²) in [4.78, 5) is 0. The van der Waals surface area contributed by atoms with Gasteiger partial charge < -0.3 is 0 Å². The SMILES string of the molecule is C=Cc1ccc2ccccc2c1/C=C\C.CC.CC.CC. The Balaban J connectivity index is 0. The molecule has 0 N–H and O–H groups in total. The Hall–Kier alpha value is -1.82. The second-order valence-electron chi connectivity index (χ2n) is 3.49. The maximum absolute atomic E-state index is 3.85. The Morgan fingerprint density at radius 1 is 0.810 bits per heavy atom. The molecule has 0 nitrogen and oxygen atoms in total. The van der Waals surface area contributed by atoms with E-state index >= 15 is 0 Å². The highest BCUT2D eigenvalue weighted by Crippen LogP contribution is 2.24. The number of hydrogen-bond acceptors (Lipinski definition) is 0. The van der Waals surface area contributed by atoms with E-state index in [0.717, 1.165) is 0 Å². The Labute approximate surface area is 132 Å². The van der Waals surface area contributed by atoms with Crippen LogP contribution >= 0.6 is 0 Å². The molecule has 116 valence electrons. The number of allylic oxidation sites excluding steroid dienone is 1. The van der Waals surface area contributed by atoms with E-state index in [-0.39, 0.29) is 0 Å². The number of fused-ring (bicyclic) bond motifs is 1. The van der Waals surface area contributed by atoms with Gasteiger partial charge >= 0.3 is 0 Å². The van der Waals surface area contributed by atoms with Crippen LogP contribution in [0.25, 0.3) is 22.9 Å². The minimum atomic E-state index is 1.19. The zero-order valence-electron chi connectivity index (χ0n) is 14.9. The first kappa shape index (κ1) is 21.5. The average Bonchev–Trinajstić information content (AvgIpc) is 2.61. The second kappa shape index (κ2) is 14.6. The predicted octanol–water partition coefficient (Wildman–Crippen LogP) is 7.59. The van der Waals surface area contributed by atoms with E-state index in [9.17, 15) is 0 Å². The van der Waals surface area contributed by atoms with Gasteiger partial charge in [0.15, 0.2) is 0 Å². The lowest BCUT2D eigenvalue weighted by atomic mass is 9.98. The molecular weight excluding hydrogens is 252 g/mol. The topological polar surface area (TPSA) is 0 Å². The molecule has 0 fully saturated rings. The van der Waals surface area contributed by atoms with Crippen molar-refractivity contribution < 1.29 is 0 Å². The van der Waals surface area contributed by atoms with Crippen LogP contribution in [0.15, 0.2) is 49.1 Å². The van der Waals surface area contributed by atoms with E-state index in [4.69, 9.17) is 0 Å². The van der Waals surface area contributed by atoms with Crippen molar-refractivity contribution in [3.8, 4) is 0 Å². The number of hydrogen-bond donors (Lipinski definition) is 0. The van der Waals surface area contributed by atoms with Crippen LogP contribution in [0, 0.1) is 0 Å². The van der Waals surface area contributed by atoms with Gasteiger partial charge in [-0.3, -0.25) is 0 Å². The second-order valence-corrected chi connectivity index (χ2v) is 3.49. The lowest BCUT2D eigenvalue weighted by Crippen LogP contribution is -1.83. The lowest BCUT2D eigenvalue weighted by molar-refractivity contribution is 1.50. The van der Waals surface area contributed by atoms with Crippen molar-refractivity contribution >= 4 is 22.9 Å². The van der Waals surface area contributed by atoms with Crippen LogP contribution in [0.5, 0.6) is 0 Å². The van der Waals surface area contributed by atoms with Crippen molar-refractivity contribution in [1.82, 2.24) is 0 Å². The molecule has 0 spiro atoms. The van der Waals surface area contributed by atoms with Gasteiger partial charge in [0.2, 0.25) is 0 Å². The molecule has 0 bridgehead atoms. The Morgan fingerprint density at radius 3 is 1.90 bits per heavy atom. The fourth-order valence-electron chi connectivity index (χ4n) is 1.84. The molecule has 0 heteroatoms. The highest BCUT2D eigenvalue weighted by atomic mass is 14.0. The maximum Gasteiger partial charge on any atom is -0.0106 e. The Morgan fingerprint density at radius 2 is 1.38 bits per heavy atom. The zero-order valence-corrected chi connectivity index (χ0v) is 14.9. The van der Waals surface area contributed by atoms with E-state index < -0.39 is 0 Å². The molecule has 0 saturated carbocycles. The summed E-state index contributed by atoms with van der Waals surface area (Å²) in [5.41, 5.74) is 2.44. The molecule has 0 heterocycles. The van der Waals surface area contributed by atoms with Crippen molar-refractivity contribution in [3.63, 3.8) is 0 Å². The van der Waals surface area contributed by atoms with Gasteiger partial charge in [-0.25, -0.2) is 0 Å². The van der Waals surface area contributed by atoms with Crippen molar-refractivity contribution in [2.24, 2.45) is 0 Å². The van der Waals surface area contributed by atoms with Crippen molar-refractivity contribution in [3.05, 3.63) is 60.2 Å². The Kier molecular flexibility index (Phi) is 14.9. The van der Waals surface area contributed by atoms with Gasteiger partial charge in [-0.15, -0.1) is 0 Å². The normalized spacial score (nSPS) is 8.71. The standard InChI is InChI=1S/C15H14.3C2H6/c1-3-7-14-12(4-2)10-11-13-8-5-6-9-15(13)14;3*1-2/h3-11H,2H2,1H3;3*1-2H3/b7-3-;;;. The average molecular weight is 284 g/mol. The fraction of sp³-hybridized carbons (Fsp3) is 0.333. The zero-order chi connectivity index (χ0) is 16.7. The molecule has 0 aliphatic carbocycles. The van der Waals surface area contributed by atoms with Crippen LogP contribution in [0.4, 0.5) is 0 Å². The van der Waals surface area contributed by atoms with Gasteiger partial charge in [0, 0.05) is 0 Å². The first-order valence-electron chi connectivity index (χ1n) is 8.13. The van der Waals surface area contributed by atoms with Crippen LogP contribution < -0.4 is 0 Å². The molecule has 0 atom stereocenters. The minimum Gasteiger partial charge on any atom is -0.0984 e. The first-order chi connectivity index (χ1) is 10.4. The smallest absolute Gasteiger partial charge is 0.0106 e. The van der Waals surface area contributed by atoms with Crippen LogP contribution in [0.1, 0.15) is 59.6 Å². The summed E-state index contributed by atoms with van der Waals surface area (Å²) in [6.45, 7) is 17.9. The van der Waals surface area contributed by atoms with Crippen molar-refractivity contribution in [2.75, 3.05) is 0 Å². The fourth-order valence-corrected chi connectivity index (χ4v) is 1.84. The summed E-state index contributed by atoms with van der Waals surface area (Å²) in [5, 5.41) is 2.56. The number of benzene rings is 2.